The Bertz CT molecular complexity index is 841. The monoisotopic (exact) mass is 358 g/mol. The molecule has 0 fully saturated rings. The first-order valence-electron chi connectivity index (χ1n) is 8.63. The molecule has 0 aliphatic heterocycles. The standard InChI is InChI=1S/C19H20FN3O3/c1-12(21-17-8-4-6-13-5-2-3-7-15(13)17)19(24)22-14-9-10-16(20)18(11-14)23(25)26/h2-3,5,7,9-12,17,21H,4,6,8H2,1H3,(H,22,24)/p+1/t12-,17+/m1/s1. The Kier molecular flexibility index (Phi) is 5.27. The highest BCUT2D eigenvalue weighted by molar-refractivity contribution is 5.93. The van der Waals surface area contributed by atoms with Gasteiger partial charge < -0.3 is 10.6 Å². The second-order valence-electron chi connectivity index (χ2n) is 6.59. The lowest BCUT2D eigenvalue weighted by Gasteiger charge is -2.26. The summed E-state index contributed by atoms with van der Waals surface area (Å²) in [5.74, 6) is -1.19. The molecule has 0 heterocycles. The minimum absolute atomic E-state index is 0.211. The zero-order chi connectivity index (χ0) is 18.7. The predicted octanol–water partition coefficient (Wildman–Crippen LogP) is 2.70. The summed E-state index contributed by atoms with van der Waals surface area (Å²) < 4.78 is 13.4. The van der Waals surface area contributed by atoms with Gasteiger partial charge in [-0.2, -0.15) is 4.39 Å². The van der Waals surface area contributed by atoms with Gasteiger partial charge in [0, 0.05) is 23.7 Å². The van der Waals surface area contributed by atoms with Gasteiger partial charge in [-0.25, -0.2) is 0 Å². The molecule has 0 aromatic heterocycles. The van der Waals surface area contributed by atoms with Gasteiger partial charge in [0.2, 0.25) is 5.82 Å². The van der Waals surface area contributed by atoms with Crippen molar-refractivity contribution in [1.82, 2.24) is 0 Å². The Morgan fingerprint density at radius 2 is 2.12 bits per heavy atom. The number of carbonyl (C=O) groups is 1. The van der Waals surface area contributed by atoms with Crippen LogP contribution in [0.1, 0.15) is 36.9 Å². The Morgan fingerprint density at radius 3 is 2.88 bits per heavy atom. The van der Waals surface area contributed by atoms with Gasteiger partial charge in [0.1, 0.15) is 6.04 Å². The first-order valence-corrected chi connectivity index (χ1v) is 8.63. The number of nitrogens with zero attached hydrogens (tertiary/aromatic N) is 1. The first-order chi connectivity index (χ1) is 12.5. The van der Waals surface area contributed by atoms with Crippen LogP contribution in [0.25, 0.3) is 0 Å². The fourth-order valence-corrected chi connectivity index (χ4v) is 3.41. The van der Waals surface area contributed by atoms with E-state index in [0.717, 1.165) is 31.4 Å². The maximum Gasteiger partial charge on any atom is 0.306 e. The lowest BCUT2D eigenvalue weighted by molar-refractivity contribution is -0.714. The molecule has 6 nitrogen and oxygen atoms in total. The third-order valence-corrected chi connectivity index (χ3v) is 4.76. The molecule has 0 unspecified atom stereocenters. The number of fused-ring (bicyclic) bond motifs is 1. The Morgan fingerprint density at radius 1 is 1.35 bits per heavy atom. The van der Waals surface area contributed by atoms with Gasteiger partial charge >= 0.3 is 5.69 Å². The number of amides is 1. The van der Waals surface area contributed by atoms with E-state index in [2.05, 4.69) is 17.4 Å². The molecule has 0 bridgehead atoms. The smallest absolute Gasteiger partial charge is 0.306 e. The molecule has 0 saturated carbocycles. The van der Waals surface area contributed by atoms with E-state index in [0.29, 0.717) is 0 Å². The van der Waals surface area contributed by atoms with Crippen LogP contribution in [-0.4, -0.2) is 16.9 Å². The maximum absolute atomic E-state index is 13.4. The van der Waals surface area contributed by atoms with Crippen LogP contribution in [0.2, 0.25) is 0 Å². The Hall–Kier alpha value is -2.80. The summed E-state index contributed by atoms with van der Waals surface area (Å²) >= 11 is 0. The molecule has 2 aromatic carbocycles. The molecule has 0 saturated heterocycles. The molecule has 3 rings (SSSR count). The van der Waals surface area contributed by atoms with Gasteiger partial charge in [-0.1, -0.05) is 24.3 Å². The van der Waals surface area contributed by atoms with Gasteiger partial charge in [-0.05, 0) is 37.5 Å². The highest BCUT2D eigenvalue weighted by atomic mass is 19.1. The molecule has 2 atom stereocenters. The number of nitro groups is 1. The second-order valence-corrected chi connectivity index (χ2v) is 6.59. The quantitative estimate of drug-likeness (QED) is 0.636. The number of anilines is 1. The van der Waals surface area contributed by atoms with Crippen LogP contribution in [0, 0.1) is 15.9 Å². The first kappa shape index (κ1) is 18.0. The van der Waals surface area contributed by atoms with Crippen LogP contribution >= 0.6 is 0 Å². The normalized spacial score (nSPS) is 17.2. The largest absolute Gasteiger partial charge is 0.330 e. The number of quaternary nitrogens is 1. The molecule has 1 aliphatic carbocycles. The number of hydrogen-bond acceptors (Lipinski definition) is 3. The maximum atomic E-state index is 13.4. The van der Waals surface area contributed by atoms with Crippen molar-refractivity contribution >= 4 is 17.3 Å². The summed E-state index contributed by atoms with van der Waals surface area (Å²) in [4.78, 5) is 22.5. The van der Waals surface area contributed by atoms with Crippen molar-refractivity contribution in [3.8, 4) is 0 Å². The number of nitrogens with one attached hydrogen (secondary N) is 1. The minimum Gasteiger partial charge on any atom is -0.330 e. The van der Waals surface area contributed by atoms with E-state index >= 15 is 0 Å². The van der Waals surface area contributed by atoms with E-state index in [-0.39, 0.29) is 23.7 Å². The SMILES string of the molecule is C[C@@H]([NH2+][C@H]1CCCc2ccccc21)C(=O)Nc1ccc(F)c([N+](=O)[O-])c1. The third-order valence-electron chi connectivity index (χ3n) is 4.76. The number of benzene rings is 2. The molecule has 7 heteroatoms. The lowest BCUT2D eigenvalue weighted by Crippen LogP contribution is -2.92. The fourth-order valence-electron chi connectivity index (χ4n) is 3.41. The van der Waals surface area contributed by atoms with Crippen molar-refractivity contribution in [3.05, 3.63) is 69.5 Å². The molecular formula is C19H21FN3O3+. The van der Waals surface area contributed by atoms with Crippen LogP contribution < -0.4 is 10.6 Å². The van der Waals surface area contributed by atoms with E-state index in [1.165, 1.54) is 17.2 Å². The number of carbonyl (C=O) groups excluding carboxylic acids is 1. The minimum atomic E-state index is -0.925. The molecule has 26 heavy (non-hydrogen) atoms. The molecule has 3 N–H and O–H groups in total. The van der Waals surface area contributed by atoms with Gasteiger partial charge in [0.05, 0.1) is 4.92 Å². The molecule has 136 valence electrons. The van der Waals surface area contributed by atoms with Crippen molar-refractivity contribution in [3.63, 3.8) is 0 Å². The molecular weight excluding hydrogens is 337 g/mol. The van der Waals surface area contributed by atoms with Gasteiger partial charge in [0.15, 0.2) is 6.04 Å². The molecule has 1 amide bonds. The predicted molar refractivity (Wildman–Crippen MR) is 95.2 cm³/mol. The van der Waals surface area contributed by atoms with Crippen molar-refractivity contribution in [2.75, 3.05) is 5.32 Å². The van der Waals surface area contributed by atoms with Gasteiger partial charge in [-0.15, -0.1) is 0 Å². The lowest BCUT2D eigenvalue weighted by atomic mass is 9.87. The van der Waals surface area contributed by atoms with Crippen LogP contribution in [0.4, 0.5) is 15.8 Å². The average Bonchev–Trinajstić information content (AvgIpc) is 2.63. The summed E-state index contributed by atoms with van der Waals surface area (Å²) in [5, 5.41) is 15.5. The molecule has 0 radical (unpaired) electrons. The summed E-state index contributed by atoms with van der Waals surface area (Å²) in [7, 11) is 0. The molecule has 2 aromatic rings. The van der Waals surface area contributed by atoms with E-state index in [4.69, 9.17) is 0 Å². The highest BCUT2D eigenvalue weighted by Crippen LogP contribution is 2.27. The zero-order valence-corrected chi connectivity index (χ0v) is 14.4. The fraction of sp³-hybridized carbons (Fsp3) is 0.316. The van der Waals surface area contributed by atoms with E-state index in [1.807, 2.05) is 17.4 Å². The number of rotatable bonds is 5. The zero-order valence-electron chi connectivity index (χ0n) is 14.4. The summed E-state index contributed by atoms with van der Waals surface area (Å²) in [5.41, 5.74) is 2.14. The van der Waals surface area contributed by atoms with Crippen LogP contribution in [0.5, 0.6) is 0 Å². The van der Waals surface area contributed by atoms with Crippen LogP contribution in [-0.2, 0) is 11.2 Å². The number of nitrogens with two attached hydrogens (primary N) is 1. The van der Waals surface area contributed by atoms with Crippen molar-refractivity contribution in [2.45, 2.75) is 38.3 Å². The topological polar surface area (TPSA) is 88.8 Å². The summed E-state index contributed by atoms with van der Waals surface area (Å²) in [6.07, 6.45) is 3.13. The van der Waals surface area contributed by atoms with E-state index in [9.17, 15) is 19.3 Å². The van der Waals surface area contributed by atoms with Gasteiger partial charge in [-0.3, -0.25) is 14.9 Å². The van der Waals surface area contributed by atoms with Crippen molar-refractivity contribution < 1.29 is 19.4 Å². The van der Waals surface area contributed by atoms with Crippen LogP contribution in [0.3, 0.4) is 0 Å². The summed E-state index contributed by atoms with van der Waals surface area (Å²) in [6, 6.07) is 11.4. The highest BCUT2D eigenvalue weighted by Gasteiger charge is 2.27. The van der Waals surface area contributed by atoms with Crippen LogP contribution in [0.15, 0.2) is 42.5 Å². The second kappa shape index (κ2) is 7.61. The molecule has 0 spiro atoms. The Balaban J connectivity index is 1.68. The van der Waals surface area contributed by atoms with E-state index in [1.54, 1.807) is 6.92 Å². The van der Waals surface area contributed by atoms with Gasteiger partial charge in [0.25, 0.3) is 5.91 Å². The average molecular weight is 358 g/mol. The van der Waals surface area contributed by atoms with Crippen molar-refractivity contribution in [1.29, 1.82) is 0 Å². The van der Waals surface area contributed by atoms with Crippen molar-refractivity contribution in [2.24, 2.45) is 0 Å². The third kappa shape index (κ3) is 3.88. The number of hydrogen-bond donors (Lipinski definition) is 2. The number of nitro benzene ring substituents is 1. The Labute approximate surface area is 150 Å². The number of aryl methyl sites for hydroxylation is 1. The number of halogens is 1. The summed E-state index contributed by atoms with van der Waals surface area (Å²) in [6.45, 7) is 1.80. The van der Waals surface area contributed by atoms with E-state index < -0.39 is 16.4 Å². The molecule has 1 aliphatic rings.